The summed E-state index contributed by atoms with van der Waals surface area (Å²) in [4.78, 5) is 18.6. The summed E-state index contributed by atoms with van der Waals surface area (Å²) in [5.41, 5.74) is 3.55. The number of aliphatic hydroxyl groups is 1. The van der Waals surface area contributed by atoms with Crippen LogP contribution < -0.4 is 4.74 Å². The van der Waals surface area contributed by atoms with E-state index >= 15 is 0 Å². The molecule has 1 fully saturated rings. The number of nitrogens with zero attached hydrogens (tertiary/aromatic N) is 5. The van der Waals surface area contributed by atoms with Crippen molar-refractivity contribution in [1.82, 2.24) is 24.6 Å². The maximum atomic E-state index is 12.5. The van der Waals surface area contributed by atoms with E-state index in [1.807, 2.05) is 29.6 Å². The van der Waals surface area contributed by atoms with Crippen molar-refractivity contribution >= 4 is 5.91 Å². The maximum absolute atomic E-state index is 12.5. The third-order valence-corrected chi connectivity index (χ3v) is 6.42. The summed E-state index contributed by atoms with van der Waals surface area (Å²) in [7, 11) is 0. The minimum Gasteiger partial charge on any atom is -0.482 e. The van der Waals surface area contributed by atoms with Crippen LogP contribution in [0.2, 0.25) is 0 Å². The predicted molar refractivity (Wildman–Crippen MR) is 113 cm³/mol. The van der Waals surface area contributed by atoms with Gasteiger partial charge >= 0.3 is 0 Å². The summed E-state index contributed by atoms with van der Waals surface area (Å²) in [5.74, 6) is 0.663. The molecule has 0 saturated carbocycles. The molecule has 2 aromatic heterocycles. The number of likely N-dealkylation sites (tertiary alicyclic amines) is 1. The number of aliphatic hydroxyl groups excluding tert-OH is 1. The van der Waals surface area contributed by atoms with Crippen molar-refractivity contribution in [2.45, 2.75) is 31.4 Å². The van der Waals surface area contributed by atoms with Gasteiger partial charge in [0.25, 0.3) is 5.91 Å². The molecule has 8 heteroatoms. The summed E-state index contributed by atoms with van der Waals surface area (Å²) in [6, 6.07) is 10.1. The SMILES string of the molecule is O=C(COc1ccnnc1)N1CCC(C(O)CC2c3ccccc3-c3cncn32)CC1. The number of benzene rings is 1. The maximum Gasteiger partial charge on any atom is 0.260 e. The van der Waals surface area contributed by atoms with Gasteiger partial charge in [-0.15, -0.1) is 0 Å². The molecule has 2 aliphatic rings. The number of carbonyl (C=O) groups is 1. The number of aromatic nitrogens is 4. The Kier molecular flexibility index (Phi) is 5.38. The molecule has 0 spiro atoms. The number of fused-ring (bicyclic) bond motifs is 3. The molecule has 2 unspecified atom stereocenters. The van der Waals surface area contributed by atoms with Crippen LogP contribution in [0.25, 0.3) is 11.3 Å². The molecule has 5 rings (SSSR count). The smallest absolute Gasteiger partial charge is 0.260 e. The van der Waals surface area contributed by atoms with Crippen LogP contribution >= 0.6 is 0 Å². The van der Waals surface area contributed by atoms with E-state index in [1.165, 1.54) is 23.5 Å². The van der Waals surface area contributed by atoms with Crippen LogP contribution in [-0.4, -0.2) is 61.5 Å². The fourth-order valence-electron chi connectivity index (χ4n) is 4.73. The largest absolute Gasteiger partial charge is 0.482 e. The van der Waals surface area contributed by atoms with E-state index in [2.05, 4.69) is 31.9 Å². The highest BCUT2D eigenvalue weighted by Gasteiger charge is 2.34. The van der Waals surface area contributed by atoms with Crippen molar-refractivity contribution in [3.63, 3.8) is 0 Å². The van der Waals surface area contributed by atoms with Gasteiger partial charge in [0.15, 0.2) is 6.61 Å². The van der Waals surface area contributed by atoms with Crippen LogP contribution in [-0.2, 0) is 4.79 Å². The Balaban J connectivity index is 1.16. The molecule has 1 aromatic carbocycles. The second kappa shape index (κ2) is 8.47. The highest BCUT2D eigenvalue weighted by Crippen LogP contribution is 2.42. The average molecular weight is 419 g/mol. The molecule has 0 aliphatic carbocycles. The molecule has 8 nitrogen and oxygen atoms in total. The third-order valence-electron chi connectivity index (χ3n) is 6.42. The number of imidazole rings is 1. The molecule has 160 valence electrons. The van der Waals surface area contributed by atoms with Crippen molar-refractivity contribution in [2.75, 3.05) is 19.7 Å². The van der Waals surface area contributed by atoms with Crippen molar-refractivity contribution in [3.05, 3.63) is 60.8 Å². The molecular formula is C23H25N5O3. The lowest BCUT2D eigenvalue weighted by Gasteiger charge is -2.35. The zero-order chi connectivity index (χ0) is 21.2. The van der Waals surface area contributed by atoms with Gasteiger partial charge in [-0.25, -0.2) is 4.98 Å². The highest BCUT2D eigenvalue weighted by atomic mass is 16.5. The van der Waals surface area contributed by atoms with Gasteiger partial charge in [-0.05, 0) is 30.7 Å². The molecule has 4 heterocycles. The van der Waals surface area contributed by atoms with E-state index in [0.29, 0.717) is 25.3 Å². The second-order valence-electron chi connectivity index (χ2n) is 8.18. The van der Waals surface area contributed by atoms with E-state index in [9.17, 15) is 9.90 Å². The average Bonchev–Trinajstić information content (AvgIpc) is 3.41. The molecule has 1 N–H and O–H groups in total. The molecule has 0 bridgehead atoms. The van der Waals surface area contributed by atoms with E-state index in [0.717, 1.165) is 18.5 Å². The van der Waals surface area contributed by atoms with Crippen LogP contribution in [0.1, 0.15) is 30.9 Å². The Morgan fingerprint density at radius 2 is 2.00 bits per heavy atom. The van der Waals surface area contributed by atoms with Gasteiger partial charge in [-0.3, -0.25) is 4.79 Å². The van der Waals surface area contributed by atoms with Crippen molar-refractivity contribution in [2.24, 2.45) is 5.92 Å². The Hall–Kier alpha value is -3.26. The summed E-state index contributed by atoms with van der Waals surface area (Å²) in [6.07, 6.45) is 8.56. The van der Waals surface area contributed by atoms with E-state index in [1.54, 1.807) is 6.07 Å². The van der Waals surface area contributed by atoms with Gasteiger partial charge in [-0.1, -0.05) is 24.3 Å². The second-order valence-corrected chi connectivity index (χ2v) is 8.18. The molecule has 2 aliphatic heterocycles. The van der Waals surface area contributed by atoms with Crippen molar-refractivity contribution in [3.8, 4) is 17.0 Å². The minimum absolute atomic E-state index is 0.0127. The summed E-state index contributed by atoms with van der Waals surface area (Å²) >= 11 is 0. The first-order valence-corrected chi connectivity index (χ1v) is 10.7. The van der Waals surface area contributed by atoms with Crippen LogP contribution in [0.3, 0.4) is 0 Å². The van der Waals surface area contributed by atoms with Gasteiger partial charge in [-0.2, -0.15) is 10.2 Å². The lowest BCUT2D eigenvalue weighted by Crippen LogP contribution is -2.43. The van der Waals surface area contributed by atoms with Crippen LogP contribution in [0, 0.1) is 5.92 Å². The number of carbonyl (C=O) groups excluding carboxylic acids is 1. The Labute approximate surface area is 180 Å². The fraction of sp³-hybridized carbons (Fsp3) is 0.391. The van der Waals surface area contributed by atoms with Crippen LogP contribution in [0.4, 0.5) is 0 Å². The number of hydrogen-bond acceptors (Lipinski definition) is 6. The fourth-order valence-corrected chi connectivity index (χ4v) is 4.73. The first-order valence-electron chi connectivity index (χ1n) is 10.7. The van der Waals surface area contributed by atoms with Gasteiger partial charge in [0, 0.05) is 24.7 Å². The number of amides is 1. The molecule has 1 saturated heterocycles. The first kappa shape index (κ1) is 19.7. The number of hydrogen-bond donors (Lipinski definition) is 1. The van der Waals surface area contributed by atoms with Gasteiger partial charge in [0.1, 0.15) is 5.75 Å². The van der Waals surface area contributed by atoms with Gasteiger partial charge in [0.2, 0.25) is 0 Å². The summed E-state index contributed by atoms with van der Waals surface area (Å²) in [5, 5.41) is 18.5. The molecule has 0 radical (unpaired) electrons. The first-order chi connectivity index (χ1) is 15.2. The Morgan fingerprint density at radius 3 is 2.81 bits per heavy atom. The van der Waals surface area contributed by atoms with Gasteiger partial charge in [0.05, 0.1) is 42.8 Å². The topological polar surface area (TPSA) is 93.4 Å². The number of ether oxygens (including phenoxy) is 1. The normalized spacial score (nSPS) is 19.0. The molecule has 1 amide bonds. The Morgan fingerprint density at radius 1 is 1.16 bits per heavy atom. The van der Waals surface area contributed by atoms with Crippen molar-refractivity contribution in [1.29, 1.82) is 0 Å². The summed E-state index contributed by atoms with van der Waals surface area (Å²) in [6.45, 7) is 1.26. The highest BCUT2D eigenvalue weighted by molar-refractivity contribution is 5.77. The Bertz CT molecular complexity index is 1050. The monoisotopic (exact) mass is 419 g/mol. The standard InChI is InChI=1S/C23H25N5O3/c29-22(11-20-18-3-1-2-4-19(18)21-13-24-15-28(20)21)16-6-9-27(10-7-16)23(30)14-31-17-5-8-25-26-12-17/h1-5,8,12-13,15-16,20,22,29H,6-7,9-11,14H2. The zero-order valence-electron chi connectivity index (χ0n) is 17.2. The van der Waals surface area contributed by atoms with Gasteiger partial charge < -0.3 is 19.3 Å². The van der Waals surface area contributed by atoms with Crippen LogP contribution in [0.15, 0.2) is 55.2 Å². The van der Waals surface area contributed by atoms with Crippen molar-refractivity contribution < 1.29 is 14.6 Å². The molecule has 2 atom stereocenters. The zero-order valence-corrected chi connectivity index (χ0v) is 17.2. The van der Waals surface area contributed by atoms with E-state index in [4.69, 9.17) is 4.74 Å². The third kappa shape index (κ3) is 3.90. The number of piperidine rings is 1. The minimum atomic E-state index is -0.428. The van der Waals surface area contributed by atoms with E-state index in [-0.39, 0.29) is 24.5 Å². The summed E-state index contributed by atoms with van der Waals surface area (Å²) < 4.78 is 7.66. The predicted octanol–water partition coefficient (Wildman–Crippen LogP) is 2.31. The number of rotatable bonds is 6. The van der Waals surface area contributed by atoms with Crippen LogP contribution in [0.5, 0.6) is 5.75 Å². The molecule has 31 heavy (non-hydrogen) atoms. The lowest BCUT2D eigenvalue weighted by atomic mass is 9.86. The lowest BCUT2D eigenvalue weighted by molar-refractivity contribution is -0.135. The quantitative estimate of drug-likeness (QED) is 0.659. The molecular weight excluding hydrogens is 394 g/mol. The van der Waals surface area contributed by atoms with E-state index < -0.39 is 6.10 Å². The molecule has 3 aromatic rings.